The number of aryl methyl sites for hydroxylation is 1. The van der Waals surface area contributed by atoms with Crippen LogP contribution in [-0.4, -0.2) is 51.7 Å². The molecule has 0 saturated heterocycles. The Morgan fingerprint density at radius 3 is 2.24 bits per heavy atom. The average molecular weight is 474 g/mol. The number of hydrogen-bond donors (Lipinski definition) is 1. The van der Waals surface area contributed by atoms with Gasteiger partial charge in [-0.3, -0.25) is 4.79 Å². The van der Waals surface area contributed by atoms with Crippen LogP contribution in [-0.2, 0) is 14.8 Å². The molecule has 0 atom stereocenters. The predicted molar refractivity (Wildman–Crippen MR) is 127 cm³/mol. The predicted octanol–water partition coefficient (Wildman–Crippen LogP) is 3.49. The van der Waals surface area contributed by atoms with Gasteiger partial charge in [0.1, 0.15) is 11.5 Å². The lowest BCUT2D eigenvalue weighted by atomic mass is 9.95. The number of ether oxygens (including phenoxy) is 2. The molecular formula is C24H31N3O5S. The average Bonchev–Trinajstić information content (AvgIpc) is 2.83. The molecule has 2 aromatic carbocycles. The Kier molecular flexibility index (Phi) is 8.46. The summed E-state index contributed by atoms with van der Waals surface area (Å²) in [4.78, 5) is 12.9. The zero-order chi connectivity index (χ0) is 23.8. The Hall–Kier alpha value is -2.91. The van der Waals surface area contributed by atoms with E-state index in [-0.39, 0.29) is 17.5 Å². The van der Waals surface area contributed by atoms with Crippen molar-refractivity contribution in [2.24, 2.45) is 5.10 Å². The first-order valence-electron chi connectivity index (χ1n) is 11.0. The molecule has 0 aromatic heterocycles. The van der Waals surface area contributed by atoms with Crippen molar-refractivity contribution in [3.63, 3.8) is 0 Å². The molecule has 33 heavy (non-hydrogen) atoms. The number of hydrazone groups is 1. The number of methoxy groups -OCH3 is 2. The van der Waals surface area contributed by atoms with Crippen LogP contribution in [0.3, 0.4) is 0 Å². The van der Waals surface area contributed by atoms with E-state index in [4.69, 9.17) is 9.47 Å². The van der Waals surface area contributed by atoms with Crippen molar-refractivity contribution in [1.29, 1.82) is 0 Å². The maximum Gasteiger partial charge on any atom is 0.255 e. The summed E-state index contributed by atoms with van der Waals surface area (Å²) < 4.78 is 38.8. The van der Waals surface area contributed by atoms with Gasteiger partial charge in [0.2, 0.25) is 10.0 Å². The molecule has 0 spiro atoms. The van der Waals surface area contributed by atoms with E-state index >= 15 is 0 Å². The smallest absolute Gasteiger partial charge is 0.255 e. The molecule has 0 radical (unpaired) electrons. The van der Waals surface area contributed by atoms with Crippen molar-refractivity contribution in [3.05, 3.63) is 53.6 Å². The number of sulfonamides is 1. The lowest BCUT2D eigenvalue weighted by Gasteiger charge is -2.32. The van der Waals surface area contributed by atoms with E-state index in [1.165, 1.54) is 24.7 Å². The van der Waals surface area contributed by atoms with Gasteiger partial charge < -0.3 is 9.47 Å². The van der Waals surface area contributed by atoms with E-state index in [1.807, 2.05) is 6.92 Å². The van der Waals surface area contributed by atoms with Gasteiger partial charge in [0, 0.05) is 6.04 Å². The first-order valence-corrected chi connectivity index (χ1v) is 12.4. The number of nitrogens with zero attached hydrogens (tertiary/aromatic N) is 2. The highest BCUT2D eigenvalue weighted by molar-refractivity contribution is 7.89. The molecule has 3 rings (SSSR count). The second-order valence-corrected chi connectivity index (χ2v) is 9.92. The van der Waals surface area contributed by atoms with E-state index in [2.05, 4.69) is 10.5 Å². The minimum Gasteiger partial charge on any atom is -0.496 e. The second kappa shape index (κ2) is 11.3. The summed E-state index contributed by atoms with van der Waals surface area (Å²) in [5, 5.41) is 4.02. The molecule has 1 saturated carbocycles. The van der Waals surface area contributed by atoms with Crippen molar-refractivity contribution >= 4 is 22.1 Å². The molecular weight excluding hydrogens is 442 g/mol. The third kappa shape index (κ3) is 6.11. The van der Waals surface area contributed by atoms with Crippen LogP contribution in [0, 0.1) is 6.92 Å². The van der Waals surface area contributed by atoms with Crippen LogP contribution in [0.15, 0.2) is 52.5 Å². The topological polar surface area (TPSA) is 97.3 Å². The van der Waals surface area contributed by atoms with E-state index in [0.717, 1.165) is 37.7 Å². The van der Waals surface area contributed by atoms with Crippen LogP contribution in [0.2, 0.25) is 0 Å². The largest absolute Gasteiger partial charge is 0.496 e. The lowest BCUT2D eigenvalue weighted by Crippen LogP contribution is -2.46. The zero-order valence-corrected chi connectivity index (χ0v) is 20.1. The van der Waals surface area contributed by atoms with Crippen LogP contribution in [0.1, 0.15) is 43.2 Å². The number of amides is 1. The molecule has 0 aliphatic heterocycles. The fourth-order valence-electron chi connectivity index (χ4n) is 3.98. The van der Waals surface area contributed by atoms with Crippen molar-refractivity contribution < 1.29 is 22.7 Å². The molecule has 1 aliphatic carbocycles. The minimum absolute atomic E-state index is 0.189. The maximum absolute atomic E-state index is 13.4. The second-order valence-electron chi connectivity index (χ2n) is 8.02. The van der Waals surface area contributed by atoms with E-state index in [1.54, 1.807) is 42.5 Å². The van der Waals surface area contributed by atoms with E-state index < -0.39 is 15.9 Å². The standard InChI is InChI=1S/C24H31N3O5S/c1-18-12-14-20(15-13-18)33(29,30)27(19-8-5-4-6-9-19)17-24(28)26-25-16-21-22(31-2)10-7-11-23(21)32-3/h7,10-16,19H,4-6,8-9,17H2,1-3H3,(H,26,28)/b25-16-. The van der Waals surface area contributed by atoms with Crippen LogP contribution in [0.4, 0.5) is 0 Å². The van der Waals surface area contributed by atoms with Crippen molar-refractivity contribution in [2.75, 3.05) is 20.8 Å². The van der Waals surface area contributed by atoms with E-state index in [9.17, 15) is 13.2 Å². The van der Waals surface area contributed by atoms with E-state index in [0.29, 0.717) is 17.1 Å². The van der Waals surface area contributed by atoms with Gasteiger partial charge in [0.05, 0.1) is 37.4 Å². The monoisotopic (exact) mass is 473 g/mol. The van der Waals surface area contributed by atoms with Gasteiger partial charge in [-0.2, -0.15) is 9.41 Å². The third-order valence-corrected chi connectivity index (χ3v) is 7.67. The molecule has 1 N–H and O–H groups in total. The zero-order valence-electron chi connectivity index (χ0n) is 19.3. The summed E-state index contributed by atoms with van der Waals surface area (Å²) in [6.45, 7) is 1.60. The highest BCUT2D eigenvalue weighted by Crippen LogP contribution is 2.28. The molecule has 1 amide bonds. The molecule has 0 heterocycles. The van der Waals surface area contributed by atoms with Gasteiger partial charge in [-0.1, -0.05) is 43.0 Å². The van der Waals surface area contributed by atoms with Gasteiger partial charge in [-0.25, -0.2) is 13.8 Å². The molecule has 0 unspecified atom stereocenters. The van der Waals surface area contributed by atoms with Crippen LogP contribution in [0.25, 0.3) is 0 Å². The molecule has 8 nitrogen and oxygen atoms in total. The maximum atomic E-state index is 13.4. The van der Waals surface area contributed by atoms with Gasteiger partial charge >= 0.3 is 0 Å². The van der Waals surface area contributed by atoms with Crippen molar-refractivity contribution in [2.45, 2.75) is 50.0 Å². The van der Waals surface area contributed by atoms with Crippen LogP contribution in [0.5, 0.6) is 11.5 Å². The Bertz CT molecular complexity index is 1060. The first-order chi connectivity index (χ1) is 15.9. The highest BCUT2D eigenvalue weighted by atomic mass is 32.2. The number of carbonyl (C=O) groups is 1. The van der Waals surface area contributed by atoms with Crippen molar-refractivity contribution in [1.82, 2.24) is 9.73 Å². The van der Waals surface area contributed by atoms with Gasteiger partial charge in [0.15, 0.2) is 0 Å². The number of benzene rings is 2. The first kappa shape index (κ1) is 24.7. The SMILES string of the molecule is COc1cccc(OC)c1/C=N\NC(=O)CN(C1CCCCC1)S(=O)(=O)c1ccc(C)cc1. The molecule has 2 aromatic rings. The Balaban J connectivity index is 1.78. The van der Waals surface area contributed by atoms with Gasteiger partial charge in [-0.15, -0.1) is 0 Å². The fourth-order valence-corrected chi connectivity index (χ4v) is 5.62. The summed E-state index contributed by atoms with van der Waals surface area (Å²) in [5.41, 5.74) is 3.99. The molecule has 178 valence electrons. The van der Waals surface area contributed by atoms with Crippen LogP contribution >= 0.6 is 0 Å². The van der Waals surface area contributed by atoms with Gasteiger partial charge in [-0.05, 0) is 44.0 Å². The summed E-state index contributed by atoms with van der Waals surface area (Å²) in [6.07, 6.45) is 5.86. The highest BCUT2D eigenvalue weighted by Gasteiger charge is 2.33. The lowest BCUT2D eigenvalue weighted by molar-refractivity contribution is -0.121. The Morgan fingerprint density at radius 1 is 1.06 bits per heavy atom. The fraction of sp³-hybridized carbons (Fsp3) is 0.417. The Labute approximate surface area is 195 Å². The number of nitrogens with one attached hydrogen (secondary N) is 1. The third-order valence-electron chi connectivity index (χ3n) is 5.76. The number of rotatable bonds is 9. The molecule has 1 fully saturated rings. The van der Waals surface area contributed by atoms with Gasteiger partial charge in [0.25, 0.3) is 5.91 Å². The Morgan fingerprint density at radius 2 is 1.67 bits per heavy atom. The number of hydrogen-bond acceptors (Lipinski definition) is 6. The molecule has 1 aliphatic rings. The summed E-state index contributed by atoms with van der Waals surface area (Å²) in [6, 6.07) is 11.8. The number of carbonyl (C=O) groups excluding carboxylic acids is 1. The quantitative estimate of drug-likeness (QED) is 0.444. The summed E-state index contributed by atoms with van der Waals surface area (Å²) in [7, 11) is -0.770. The molecule has 9 heteroatoms. The molecule has 0 bridgehead atoms. The summed E-state index contributed by atoms with van der Waals surface area (Å²) in [5.74, 6) is 0.567. The summed E-state index contributed by atoms with van der Waals surface area (Å²) >= 11 is 0. The minimum atomic E-state index is -3.83. The normalized spacial score (nSPS) is 15.0. The van der Waals surface area contributed by atoms with Crippen molar-refractivity contribution in [3.8, 4) is 11.5 Å². The van der Waals surface area contributed by atoms with Crippen LogP contribution < -0.4 is 14.9 Å².